The summed E-state index contributed by atoms with van der Waals surface area (Å²) in [7, 11) is 0. The smallest absolute Gasteiger partial charge is 0.416 e. The van der Waals surface area contributed by atoms with Crippen LogP contribution in [0.5, 0.6) is 0 Å². The summed E-state index contributed by atoms with van der Waals surface area (Å²) in [5.41, 5.74) is -0.897. The van der Waals surface area contributed by atoms with Gasteiger partial charge in [-0.3, -0.25) is 4.79 Å². The lowest BCUT2D eigenvalue weighted by Gasteiger charge is -2.10. The topological polar surface area (TPSA) is 51.2 Å². The van der Waals surface area contributed by atoms with Gasteiger partial charge < -0.3 is 10.1 Å². The van der Waals surface area contributed by atoms with Gasteiger partial charge in [-0.25, -0.2) is 4.98 Å². The third-order valence-electron chi connectivity index (χ3n) is 2.06. The second kappa shape index (κ2) is 6.60. The van der Waals surface area contributed by atoms with Crippen molar-refractivity contribution in [3.05, 3.63) is 22.8 Å². The molecule has 1 aromatic heterocycles. The van der Waals surface area contributed by atoms with Gasteiger partial charge in [0.1, 0.15) is 11.0 Å². The number of nitrogens with zero attached hydrogens (tertiary/aromatic N) is 1. The zero-order valence-corrected chi connectivity index (χ0v) is 10.8. The molecule has 0 aliphatic heterocycles. The highest BCUT2D eigenvalue weighted by Gasteiger charge is 2.31. The molecule has 0 aromatic carbocycles. The first-order valence-corrected chi connectivity index (χ1v) is 5.85. The SMILES string of the molecule is CCOC(=O)CCNc1cc(C(F)(F)F)cc(Cl)n1. The Morgan fingerprint density at radius 1 is 1.47 bits per heavy atom. The summed E-state index contributed by atoms with van der Waals surface area (Å²) < 4.78 is 42.2. The fourth-order valence-corrected chi connectivity index (χ4v) is 1.49. The Morgan fingerprint density at radius 3 is 2.74 bits per heavy atom. The normalized spacial score (nSPS) is 11.2. The van der Waals surface area contributed by atoms with E-state index in [2.05, 4.69) is 15.0 Å². The lowest BCUT2D eigenvalue weighted by Crippen LogP contribution is -2.13. The molecule has 106 valence electrons. The highest BCUT2D eigenvalue weighted by Crippen LogP contribution is 2.31. The number of rotatable bonds is 5. The Bertz CT molecular complexity index is 452. The van der Waals surface area contributed by atoms with Crippen LogP contribution in [0.4, 0.5) is 19.0 Å². The highest BCUT2D eigenvalue weighted by molar-refractivity contribution is 6.29. The minimum Gasteiger partial charge on any atom is -0.466 e. The summed E-state index contributed by atoms with van der Waals surface area (Å²) in [5, 5.41) is 2.32. The summed E-state index contributed by atoms with van der Waals surface area (Å²) >= 11 is 5.50. The lowest BCUT2D eigenvalue weighted by atomic mass is 10.2. The van der Waals surface area contributed by atoms with Crippen LogP contribution < -0.4 is 5.32 Å². The Morgan fingerprint density at radius 2 is 2.16 bits per heavy atom. The third-order valence-corrected chi connectivity index (χ3v) is 2.26. The molecule has 4 nitrogen and oxygen atoms in total. The average molecular weight is 297 g/mol. The van der Waals surface area contributed by atoms with Crippen molar-refractivity contribution in [2.24, 2.45) is 0 Å². The molecule has 0 saturated heterocycles. The van der Waals surface area contributed by atoms with Crippen LogP contribution >= 0.6 is 11.6 Å². The molecule has 0 atom stereocenters. The number of carbonyl (C=O) groups excluding carboxylic acids is 1. The van der Waals surface area contributed by atoms with E-state index in [4.69, 9.17) is 11.6 Å². The number of esters is 1. The number of alkyl halides is 3. The molecular formula is C11H12ClF3N2O2. The largest absolute Gasteiger partial charge is 0.466 e. The van der Waals surface area contributed by atoms with Crippen molar-refractivity contribution in [3.63, 3.8) is 0 Å². The maximum absolute atomic E-state index is 12.5. The van der Waals surface area contributed by atoms with E-state index in [0.717, 1.165) is 12.1 Å². The first-order valence-electron chi connectivity index (χ1n) is 5.47. The number of pyridine rings is 1. The molecule has 1 rings (SSSR count). The maximum atomic E-state index is 12.5. The molecule has 19 heavy (non-hydrogen) atoms. The molecule has 8 heteroatoms. The molecule has 0 spiro atoms. The minimum absolute atomic E-state index is 0.0311. The fraction of sp³-hybridized carbons (Fsp3) is 0.455. The molecule has 0 radical (unpaired) electrons. The molecule has 0 unspecified atom stereocenters. The van der Waals surface area contributed by atoms with Gasteiger partial charge in [-0.1, -0.05) is 11.6 Å². The van der Waals surface area contributed by atoms with Crippen LogP contribution in [0.1, 0.15) is 18.9 Å². The molecule has 0 saturated carbocycles. The summed E-state index contributed by atoms with van der Waals surface area (Å²) in [6, 6.07) is 1.56. The molecule has 0 aliphatic rings. The molecule has 1 aromatic rings. The first kappa shape index (κ1) is 15.6. The molecule has 0 fully saturated rings. The van der Waals surface area contributed by atoms with Crippen molar-refractivity contribution in [1.82, 2.24) is 4.98 Å². The molecular weight excluding hydrogens is 285 g/mol. The van der Waals surface area contributed by atoms with Gasteiger partial charge in [0.25, 0.3) is 0 Å². The number of ether oxygens (including phenoxy) is 1. The van der Waals surface area contributed by atoms with Crippen molar-refractivity contribution < 1.29 is 22.7 Å². The first-order chi connectivity index (χ1) is 8.82. The summed E-state index contributed by atoms with van der Waals surface area (Å²) in [6.07, 6.45) is -4.46. The summed E-state index contributed by atoms with van der Waals surface area (Å²) in [4.78, 5) is 14.7. The van der Waals surface area contributed by atoms with Crippen molar-refractivity contribution in [2.45, 2.75) is 19.5 Å². The van der Waals surface area contributed by atoms with E-state index in [0.29, 0.717) is 0 Å². The second-order valence-corrected chi connectivity index (χ2v) is 3.93. The predicted molar refractivity (Wildman–Crippen MR) is 64.0 cm³/mol. The van der Waals surface area contributed by atoms with Crippen LogP contribution in [-0.4, -0.2) is 24.1 Å². The van der Waals surface area contributed by atoms with Crippen molar-refractivity contribution in [2.75, 3.05) is 18.5 Å². The maximum Gasteiger partial charge on any atom is 0.416 e. The van der Waals surface area contributed by atoms with Gasteiger partial charge in [0, 0.05) is 6.54 Å². The van der Waals surface area contributed by atoms with Crippen molar-refractivity contribution in [3.8, 4) is 0 Å². The number of aromatic nitrogens is 1. The number of carbonyl (C=O) groups is 1. The van der Waals surface area contributed by atoms with Gasteiger partial charge in [-0.2, -0.15) is 13.2 Å². The van der Waals surface area contributed by atoms with E-state index in [1.165, 1.54) is 0 Å². The van der Waals surface area contributed by atoms with Crippen molar-refractivity contribution in [1.29, 1.82) is 0 Å². The molecule has 0 amide bonds. The third kappa shape index (κ3) is 5.34. The Balaban J connectivity index is 2.64. The Labute approximate surface area is 112 Å². The monoisotopic (exact) mass is 296 g/mol. The van der Waals surface area contributed by atoms with Crippen LogP contribution in [0.2, 0.25) is 5.15 Å². The predicted octanol–water partition coefficient (Wildman–Crippen LogP) is 3.12. The molecule has 0 aliphatic carbocycles. The van der Waals surface area contributed by atoms with E-state index in [-0.39, 0.29) is 30.5 Å². The summed E-state index contributed by atoms with van der Waals surface area (Å²) in [5.74, 6) is -0.475. The zero-order valence-electron chi connectivity index (χ0n) is 10.1. The second-order valence-electron chi connectivity index (χ2n) is 3.54. The minimum atomic E-state index is -4.50. The van der Waals surface area contributed by atoms with Gasteiger partial charge in [-0.05, 0) is 19.1 Å². The molecule has 1 N–H and O–H groups in total. The van der Waals surface area contributed by atoms with E-state index in [1.807, 2.05) is 0 Å². The van der Waals surface area contributed by atoms with Crippen LogP contribution in [0.3, 0.4) is 0 Å². The van der Waals surface area contributed by atoms with E-state index >= 15 is 0 Å². The van der Waals surface area contributed by atoms with Gasteiger partial charge in [0.15, 0.2) is 0 Å². The molecule has 0 bridgehead atoms. The van der Waals surface area contributed by atoms with Gasteiger partial charge >= 0.3 is 12.1 Å². The van der Waals surface area contributed by atoms with Crippen LogP contribution in [0.15, 0.2) is 12.1 Å². The Kier molecular flexibility index (Phi) is 5.41. The van der Waals surface area contributed by atoms with E-state index in [9.17, 15) is 18.0 Å². The molecule has 1 heterocycles. The zero-order chi connectivity index (χ0) is 14.5. The standard InChI is InChI=1S/C11H12ClF3N2O2/c1-2-19-10(18)3-4-16-9-6-7(11(13,14)15)5-8(12)17-9/h5-6H,2-4H2,1H3,(H,16,17). The highest BCUT2D eigenvalue weighted by atomic mass is 35.5. The van der Waals surface area contributed by atoms with Crippen LogP contribution in [-0.2, 0) is 15.7 Å². The van der Waals surface area contributed by atoms with E-state index in [1.54, 1.807) is 6.92 Å². The summed E-state index contributed by atoms with van der Waals surface area (Å²) in [6.45, 7) is 2.04. The number of hydrogen-bond donors (Lipinski definition) is 1. The van der Waals surface area contributed by atoms with Gasteiger partial charge in [-0.15, -0.1) is 0 Å². The number of hydrogen-bond acceptors (Lipinski definition) is 4. The lowest BCUT2D eigenvalue weighted by molar-refractivity contribution is -0.142. The average Bonchev–Trinajstić information content (AvgIpc) is 2.27. The van der Waals surface area contributed by atoms with Crippen LogP contribution in [0, 0.1) is 0 Å². The Hall–Kier alpha value is -1.50. The van der Waals surface area contributed by atoms with Crippen molar-refractivity contribution >= 4 is 23.4 Å². The van der Waals surface area contributed by atoms with E-state index < -0.39 is 17.7 Å². The number of halogens is 4. The van der Waals surface area contributed by atoms with Gasteiger partial charge in [0.2, 0.25) is 0 Å². The van der Waals surface area contributed by atoms with Crippen LogP contribution in [0.25, 0.3) is 0 Å². The van der Waals surface area contributed by atoms with Gasteiger partial charge in [0.05, 0.1) is 18.6 Å². The number of nitrogens with one attached hydrogen (secondary N) is 1. The fourth-order valence-electron chi connectivity index (χ4n) is 1.28. The number of anilines is 1. The quantitative estimate of drug-likeness (QED) is 0.670.